The van der Waals surface area contributed by atoms with Crippen LogP contribution in [0.25, 0.3) is 50.3 Å². The number of pyridine rings is 1. The van der Waals surface area contributed by atoms with Gasteiger partial charge in [-0.1, -0.05) is 66.7 Å². The molecule has 4 heterocycles. The Bertz CT molecular complexity index is 2520. The van der Waals surface area contributed by atoms with Crippen LogP contribution in [0.5, 0.6) is 0 Å². The van der Waals surface area contributed by atoms with Crippen molar-refractivity contribution in [2.75, 3.05) is 0 Å². The zero-order valence-electron chi connectivity index (χ0n) is 27.3. The van der Waals surface area contributed by atoms with Gasteiger partial charge in [-0.3, -0.25) is 14.5 Å². The number of fused-ring (bicyclic) bond motifs is 4. The van der Waals surface area contributed by atoms with Gasteiger partial charge >= 0.3 is 0 Å². The molecule has 0 atom stereocenters. The second kappa shape index (κ2) is 10.7. The van der Waals surface area contributed by atoms with Gasteiger partial charge in [-0.05, 0) is 72.4 Å². The molecule has 0 unspecified atom stereocenters. The average Bonchev–Trinajstić information content (AvgIpc) is 3.87. The largest absolute Gasteiger partial charge is 0.389 e. The van der Waals surface area contributed by atoms with Crippen molar-refractivity contribution in [2.24, 2.45) is 5.92 Å². The minimum Gasteiger partial charge on any atom is -0.389 e. The summed E-state index contributed by atoms with van der Waals surface area (Å²) in [5.41, 5.74) is 5.82. The maximum absolute atomic E-state index is 13.8. The maximum Gasteiger partial charge on any atom is 0.262 e. The fourth-order valence-electron chi connectivity index (χ4n) is 8.24. The smallest absolute Gasteiger partial charge is 0.262 e. The number of imide groups is 1. The van der Waals surface area contributed by atoms with Crippen molar-refractivity contribution in [2.45, 2.75) is 36.8 Å². The van der Waals surface area contributed by atoms with E-state index in [0.29, 0.717) is 41.0 Å². The Balaban J connectivity index is 1.10. The highest BCUT2D eigenvalue weighted by molar-refractivity contribution is 6.22. The third-order valence-electron chi connectivity index (χ3n) is 10.9. The van der Waals surface area contributed by atoms with Crippen LogP contribution in [0.3, 0.4) is 0 Å². The molecule has 0 radical (unpaired) electrons. The van der Waals surface area contributed by atoms with Gasteiger partial charge in [-0.15, -0.1) is 0 Å². The van der Waals surface area contributed by atoms with Crippen LogP contribution in [0.15, 0.2) is 121 Å². The molecule has 1 aliphatic heterocycles. The van der Waals surface area contributed by atoms with Crippen LogP contribution in [0.4, 0.5) is 4.39 Å². The highest BCUT2D eigenvalue weighted by Crippen LogP contribution is 2.61. The predicted molar refractivity (Wildman–Crippen MR) is 190 cm³/mol. The summed E-state index contributed by atoms with van der Waals surface area (Å²) in [6, 6.07) is 35.0. The third kappa shape index (κ3) is 4.51. The van der Waals surface area contributed by atoms with Crippen LogP contribution in [-0.4, -0.2) is 47.0 Å². The van der Waals surface area contributed by atoms with Crippen molar-refractivity contribution in [3.05, 3.63) is 144 Å². The van der Waals surface area contributed by atoms with Crippen LogP contribution in [-0.2, 0) is 5.54 Å². The van der Waals surface area contributed by atoms with Crippen LogP contribution in [0, 0.1) is 11.7 Å². The molecule has 3 aliphatic rings. The zero-order valence-corrected chi connectivity index (χ0v) is 27.3. The van der Waals surface area contributed by atoms with Crippen LogP contribution in [0.2, 0.25) is 0 Å². The molecular weight excluding hydrogens is 641 g/mol. The topological polar surface area (TPSA) is 101 Å². The Labute approximate surface area is 291 Å². The molecule has 10 rings (SSSR count). The zero-order chi connectivity index (χ0) is 34.5. The molecule has 0 spiro atoms. The molecule has 7 aromatic rings. The van der Waals surface area contributed by atoms with Crippen molar-refractivity contribution >= 4 is 28.5 Å². The Morgan fingerprint density at radius 3 is 2.04 bits per heavy atom. The summed E-state index contributed by atoms with van der Waals surface area (Å²) in [7, 11) is 0. The number of hydrogen-bond acceptors (Lipinski definition) is 6. The van der Waals surface area contributed by atoms with Crippen molar-refractivity contribution in [3.63, 3.8) is 0 Å². The molecule has 3 aromatic heterocycles. The predicted octanol–water partition coefficient (Wildman–Crippen LogP) is 7.84. The number of aliphatic hydroxyl groups is 1. The van der Waals surface area contributed by atoms with Crippen molar-refractivity contribution in [1.82, 2.24) is 24.5 Å². The van der Waals surface area contributed by atoms with Gasteiger partial charge in [-0.2, -0.15) is 9.61 Å². The van der Waals surface area contributed by atoms with E-state index < -0.39 is 11.1 Å². The molecule has 51 heavy (non-hydrogen) atoms. The molecule has 2 fully saturated rings. The first-order valence-corrected chi connectivity index (χ1v) is 17.1. The van der Waals surface area contributed by atoms with Crippen LogP contribution in [0.1, 0.15) is 52.0 Å². The van der Waals surface area contributed by atoms with Gasteiger partial charge in [-0.25, -0.2) is 14.4 Å². The highest BCUT2D eigenvalue weighted by Gasteiger charge is 2.66. The Morgan fingerprint density at radius 2 is 1.37 bits per heavy atom. The first-order chi connectivity index (χ1) is 24.8. The summed E-state index contributed by atoms with van der Waals surface area (Å²) in [6.45, 7) is 0. The van der Waals surface area contributed by atoms with E-state index in [0.717, 1.165) is 51.7 Å². The van der Waals surface area contributed by atoms with Gasteiger partial charge in [0.25, 0.3) is 11.8 Å². The SMILES string of the molecule is O=C1c2ccccc2C(=O)N1[C@]1(c2ccc(-c3nc4c(cnc5cc(-c6ccc(F)cc6)nn54)cc3-c3ccccc3)cc2)C[C@@](O)(C2CC2)C1. The second-order valence-electron chi connectivity index (χ2n) is 14.1. The first kappa shape index (κ1) is 29.8. The van der Waals surface area contributed by atoms with E-state index in [1.165, 1.54) is 17.0 Å². The molecule has 0 bridgehead atoms. The Hall–Kier alpha value is -6.06. The number of nitrogens with zero attached hydrogens (tertiary/aromatic N) is 5. The van der Waals surface area contributed by atoms with Crippen molar-refractivity contribution in [3.8, 4) is 33.6 Å². The van der Waals surface area contributed by atoms with E-state index in [-0.39, 0.29) is 23.5 Å². The lowest BCUT2D eigenvalue weighted by Crippen LogP contribution is -2.65. The molecule has 4 aromatic carbocycles. The second-order valence-corrected chi connectivity index (χ2v) is 14.1. The summed E-state index contributed by atoms with van der Waals surface area (Å²) in [5.74, 6) is -0.774. The average molecular weight is 672 g/mol. The van der Waals surface area contributed by atoms with Gasteiger partial charge in [0, 0.05) is 47.2 Å². The molecule has 1 N–H and O–H groups in total. The van der Waals surface area contributed by atoms with E-state index in [1.807, 2.05) is 60.7 Å². The monoisotopic (exact) mass is 671 g/mol. The van der Waals surface area contributed by atoms with Gasteiger partial charge in [0.2, 0.25) is 0 Å². The molecule has 0 saturated heterocycles. The fraction of sp³-hybridized carbons (Fsp3) is 0.167. The standard InChI is InChI=1S/C42H30FN5O3/c43-31-18-12-26(13-19-31)35-21-36-44-22-28-20-34(25-6-2-1-3-7-25)37(45-38(28)48(36)46-35)27-10-14-29(15-11-27)41(23-42(51,24-41)30-16-17-30)47-39(49)32-8-4-5-9-33(32)40(47)50/h1-15,18-22,30,51H,16-17,23-24H2/t41-,42+. The molecule has 2 aliphatic carbocycles. The van der Waals surface area contributed by atoms with E-state index in [4.69, 9.17) is 10.1 Å². The highest BCUT2D eigenvalue weighted by atomic mass is 19.1. The number of benzene rings is 4. The number of carbonyl (C=O) groups is 2. The van der Waals surface area contributed by atoms with Crippen molar-refractivity contribution in [1.29, 1.82) is 0 Å². The number of halogens is 1. The summed E-state index contributed by atoms with van der Waals surface area (Å²) in [6.07, 6.45) is 4.30. The molecule has 248 valence electrons. The minimum absolute atomic E-state index is 0.188. The summed E-state index contributed by atoms with van der Waals surface area (Å²) < 4.78 is 15.4. The summed E-state index contributed by atoms with van der Waals surface area (Å²) in [4.78, 5) is 38.9. The molecule has 8 nitrogen and oxygen atoms in total. The van der Waals surface area contributed by atoms with Gasteiger partial charge < -0.3 is 5.11 Å². The minimum atomic E-state index is -0.966. The summed E-state index contributed by atoms with van der Waals surface area (Å²) in [5, 5.41) is 17.2. The molecular formula is C42H30FN5O3. The molecule has 2 saturated carbocycles. The van der Waals surface area contributed by atoms with Gasteiger partial charge in [0.05, 0.1) is 33.7 Å². The quantitative estimate of drug-likeness (QED) is 0.181. The van der Waals surface area contributed by atoms with Crippen LogP contribution >= 0.6 is 0 Å². The normalized spacial score (nSPS) is 21.3. The number of aromatic nitrogens is 4. The number of amides is 2. The summed E-state index contributed by atoms with van der Waals surface area (Å²) >= 11 is 0. The Morgan fingerprint density at radius 1 is 0.725 bits per heavy atom. The fourth-order valence-corrected chi connectivity index (χ4v) is 8.24. The number of rotatable bonds is 6. The van der Waals surface area contributed by atoms with Gasteiger partial charge in [0.15, 0.2) is 11.3 Å². The number of hydrogen-bond donors (Lipinski definition) is 1. The van der Waals surface area contributed by atoms with E-state index in [1.54, 1.807) is 47.1 Å². The molecule has 9 heteroatoms. The Kier molecular flexibility index (Phi) is 6.27. The first-order valence-electron chi connectivity index (χ1n) is 17.1. The lowest BCUT2D eigenvalue weighted by Gasteiger charge is -2.57. The lowest BCUT2D eigenvalue weighted by molar-refractivity contribution is -0.143. The number of carbonyl (C=O) groups excluding carboxylic acids is 2. The van der Waals surface area contributed by atoms with Crippen LogP contribution < -0.4 is 0 Å². The van der Waals surface area contributed by atoms with E-state index >= 15 is 0 Å². The van der Waals surface area contributed by atoms with Gasteiger partial charge in [0.1, 0.15) is 5.82 Å². The van der Waals surface area contributed by atoms with E-state index in [9.17, 15) is 19.1 Å². The molecule has 2 amide bonds. The van der Waals surface area contributed by atoms with Crippen molar-refractivity contribution < 1.29 is 19.1 Å². The van der Waals surface area contributed by atoms with E-state index in [2.05, 4.69) is 11.1 Å². The third-order valence-corrected chi connectivity index (χ3v) is 10.9. The maximum atomic E-state index is 13.8. The lowest BCUT2D eigenvalue weighted by atomic mass is 9.58.